The van der Waals surface area contributed by atoms with E-state index in [1.807, 2.05) is 0 Å². The molecule has 0 amide bonds. The summed E-state index contributed by atoms with van der Waals surface area (Å²) in [5.41, 5.74) is 0.338. The largest absolute Gasteiger partial charge is 0.478 e. The van der Waals surface area contributed by atoms with Gasteiger partial charge in [0.1, 0.15) is 0 Å². The van der Waals surface area contributed by atoms with Crippen LogP contribution in [0.5, 0.6) is 0 Å². The van der Waals surface area contributed by atoms with Crippen LogP contribution in [0.3, 0.4) is 0 Å². The third-order valence-corrected chi connectivity index (χ3v) is 3.60. The van der Waals surface area contributed by atoms with Gasteiger partial charge in [-0.1, -0.05) is 13.8 Å². The van der Waals surface area contributed by atoms with Gasteiger partial charge in [0.2, 0.25) is 0 Å². The molecule has 0 aromatic carbocycles. The van der Waals surface area contributed by atoms with Crippen LogP contribution in [0.15, 0.2) is 23.4 Å². The molecule has 0 aliphatic rings. The van der Waals surface area contributed by atoms with Crippen LogP contribution in [0.25, 0.3) is 0 Å². The van der Waals surface area contributed by atoms with Gasteiger partial charge in [-0.15, -0.1) is 11.8 Å². The van der Waals surface area contributed by atoms with E-state index in [-0.39, 0.29) is 0 Å². The molecule has 1 aromatic rings. The highest BCUT2D eigenvalue weighted by molar-refractivity contribution is 7.99. The molecule has 0 aliphatic carbocycles. The summed E-state index contributed by atoms with van der Waals surface area (Å²) >= 11 is 1.55. The van der Waals surface area contributed by atoms with E-state index in [1.165, 1.54) is 6.20 Å². The van der Waals surface area contributed by atoms with Gasteiger partial charge in [0.15, 0.2) is 0 Å². The van der Waals surface area contributed by atoms with E-state index in [9.17, 15) is 4.79 Å². The van der Waals surface area contributed by atoms with E-state index in [4.69, 9.17) is 5.11 Å². The van der Waals surface area contributed by atoms with Gasteiger partial charge in [-0.3, -0.25) is 4.98 Å². The van der Waals surface area contributed by atoms with Crippen molar-refractivity contribution < 1.29 is 9.90 Å². The molecule has 0 saturated carbocycles. The third-order valence-electron chi connectivity index (χ3n) is 2.57. The Labute approximate surface area is 106 Å². The van der Waals surface area contributed by atoms with E-state index < -0.39 is 5.97 Å². The first-order valence-corrected chi connectivity index (χ1v) is 6.70. The second-order valence-corrected chi connectivity index (χ2v) is 4.69. The number of carboxylic acids is 1. The molecule has 94 valence electrons. The number of thioether (sulfide) groups is 1. The molecule has 4 nitrogen and oxygen atoms in total. The van der Waals surface area contributed by atoms with Crippen LogP contribution >= 0.6 is 11.8 Å². The highest BCUT2D eigenvalue weighted by Gasteiger charge is 2.10. The maximum Gasteiger partial charge on any atom is 0.336 e. The number of rotatable bonds is 7. The smallest absolute Gasteiger partial charge is 0.336 e. The maximum absolute atomic E-state index is 11.0. The molecule has 17 heavy (non-hydrogen) atoms. The quantitative estimate of drug-likeness (QED) is 0.756. The van der Waals surface area contributed by atoms with Gasteiger partial charge in [-0.05, 0) is 19.2 Å². The normalized spacial score (nSPS) is 10.8. The van der Waals surface area contributed by atoms with Gasteiger partial charge in [-0.2, -0.15) is 0 Å². The zero-order valence-electron chi connectivity index (χ0n) is 10.2. The van der Waals surface area contributed by atoms with Crippen molar-refractivity contribution in [2.45, 2.75) is 18.7 Å². The van der Waals surface area contributed by atoms with Crippen LogP contribution < -0.4 is 0 Å². The number of pyridine rings is 1. The van der Waals surface area contributed by atoms with Crippen molar-refractivity contribution in [1.29, 1.82) is 0 Å². The average Bonchev–Trinajstić information content (AvgIpc) is 2.35. The maximum atomic E-state index is 11.0. The standard InChI is InChI=1S/C12H18N2O2S/c1-3-14(4-2)7-8-17-11-9-13-6-5-10(11)12(15)16/h5-6,9H,3-4,7-8H2,1-2H3,(H,15,16). The monoisotopic (exact) mass is 254 g/mol. The third kappa shape index (κ3) is 4.36. The van der Waals surface area contributed by atoms with Crippen molar-refractivity contribution in [2.24, 2.45) is 0 Å². The number of carbonyl (C=O) groups is 1. The van der Waals surface area contributed by atoms with E-state index in [0.29, 0.717) is 5.56 Å². The minimum absolute atomic E-state index is 0.338. The first-order chi connectivity index (χ1) is 8.19. The molecule has 0 radical (unpaired) electrons. The van der Waals surface area contributed by atoms with Crippen molar-refractivity contribution in [3.05, 3.63) is 24.0 Å². The molecule has 5 heteroatoms. The number of nitrogens with zero attached hydrogens (tertiary/aromatic N) is 2. The van der Waals surface area contributed by atoms with Crippen LogP contribution in [0.4, 0.5) is 0 Å². The summed E-state index contributed by atoms with van der Waals surface area (Å²) in [5.74, 6) is -0.00839. The Morgan fingerprint density at radius 2 is 2.18 bits per heavy atom. The molecule has 0 saturated heterocycles. The zero-order chi connectivity index (χ0) is 12.7. The molecule has 0 aliphatic heterocycles. The van der Waals surface area contributed by atoms with Gasteiger partial charge in [0, 0.05) is 29.6 Å². The molecule has 0 spiro atoms. The summed E-state index contributed by atoms with van der Waals surface area (Å²) in [6.45, 7) is 7.26. The Bertz CT molecular complexity index is 367. The van der Waals surface area contributed by atoms with Crippen molar-refractivity contribution >= 4 is 17.7 Å². The molecular weight excluding hydrogens is 236 g/mol. The topological polar surface area (TPSA) is 53.4 Å². The van der Waals surface area contributed by atoms with Crippen LogP contribution in [0.1, 0.15) is 24.2 Å². The lowest BCUT2D eigenvalue weighted by atomic mass is 10.3. The van der Waals surface area contributed by atoms with Crippen LogP contribution in [-0.2, 0) is 0 Å². The van der Waals surface area contributed by atoms with Crippen molar-refractivity contribution in [3.63, 3.8) is 0 Å². The Morgan fingerprint density at radius 1 is 1.47 bits per heavy atom. The fraction of sp³-hybridized carbons (Fsp3) is 0.500. The van der Waals surface area contributed by atoms with Gasteiger partial charge in [0.05, 0.1) is 5.56 Å². The zero-order valence-corrected chi connectivity index (χ0v) is 11.0. The van der Waals surface area contributed by atoms with E-state index in [2.05, 4.69) is 23.7 Å². The number of aromatic carboxylic acids is 1. The predicted octanol–water partition coefficient (Wildman–Crippen LogP) is 2.21. The number of hydrogen-bond acceptors (Lipinski definition) is 4. The second-order valence-electron chi connectivity index (χ2n) is 3.55. The Hall–Kier alpha value is -1.07. The minimum atomic E-state index is -0.891. The van der Waals surface area contributed by atoms with Crippen molar-refractivity contribution in [2.75, 3.05) is 25.4 Å². The Morgan fingerprint density at radius 3 is 2.76 bits per heavy atom. The molecule has 1 rings (SSSR count). The lowest BCUT2D eigenvalue weighted by molar-refractivity contribution is 0.0693. The molecular formula is C12H18N2O2S. The number of hydrogen-bond donors (Lipinski definition) is 1. The van der Waals surface area contributed by atoms with Gasteiger partial charge in [-0.25, -0.2) is 4.79 Å². The lowest BCUT2D eigenvalue weighted by Crippen LogP contribution is -2.25. The summed E-state index contributed by atoms with van der Waals surface area (Å²) in [4.78, 5) is 18.0. The Kier molecular flexibility index (Phi) is 6.00. The summed E-state index contributed by atoms with van der Waals surface area (Å²) < 4.78 is 0. The summed E-state index contributed by atoms with van der Waals surface area (Å²) in [6, 6.07) is 1.54. The van der Waals surface area contributed by atoms with Crippen molar-refractivity contribution in [1.82, 2.24) is 9.88 Å². The van der Waals surface area contributed by atoms with Crippen LogP contribution in [0, 0.1) is 0 Å². The highest BCUT2D eigenvalue weighted by Crippen LogP contribution is 2.21. The Balaban J connectivity index is 2.54. The number of aromatic nitrogens is 1. The first-order valence-electron chi connectivity index (χ1n) is 5.71. The summed E-state index contributed by atoms with van der Waals surface area (Å²) in [6.07, 6.45) is 3.13. The summed E-state index contributed by atoms with van der Waals surface area (Å²) in [7, 11) is 0. The van der Waals surface area contributed by atoms with Gasteiger partial charge >= 0.3 is 5.97 Å². The van der Waals surface area contributed by atoms with Gasteiger partial charge < -0.3 is 10.0 Å². The minimum Gasteiger partial charge on any atom is -0.478 e. The molecule has 1 N–H and O–H groups in total. The van der Waals surface area contributed by atoms with Crippen molar-refractivity contribution in [3.8, 4) is 0 Å². The van der Waals surface area contributed by atoms with Crippen LogP contribution in [-0.4, -0.2) is 46.3 Å². The van der Waals surface area contributed by atoms with E-state index >= 15 is 0 Å². The molecule has 1 aromatic heterocycles. The SMILES string of the molecule is CCN(CC)CCSc1cnccc1C(=O)O. The molecule has 1 heterocycles. The molecule has 0 bridgehead atoms. The number of carboxylic acid groups (broad SMARTS) is 1. The molecule has 0 atom stereocenters. The van der Waals surface area contributed by atoms with Gasteiger partial charge in [0.25, 0.3) is 0 Å². The van der Waals surface area contributed by atoms with E-state index in [1.54, 1.807) is 24.0 Å². The van der Waals surface area contributed by atoms with Crippen LogP contribution in [0.2, 0.25) is 0 Å². The highest BCUT2D eigenvalue weighted by atomic mass is 32.2. The van der Waals surface area contributed by atoms with E-state index in [0.717, 1.165) is 30.3 Å². The fourth-order valence-corrected chi connectivity index (χ4v) is 2.51. The lowest BCUT2D eigenvalue weighted by Gasteiger charge is -2.17. The summed E-state index contributed by atoms with van der Waals surface area (Å²) in [5, 5.41) is 9.01. The second kappa shape index (κ2) is 7.29. The average molecular weight is 254 g/mol. The molecule has 0 unspecified atom stereocenters. The predicted molar refractivity (Wildman–Crippen MR) is 69.7 cm³/mol. The molecule has 0 fully saturated rings. The first kappa shape index (κ1) is 14.0. The fourth-order valence-electron chi connectivity index (χ4n) is 1.50.